The van der Waals surface area contributed by atoms with Crippen molar-refractivity contribution in [2.45, 2.75) is 39.7 Å². The lowest BCUT2D eigenvalue weighted by Gasteiger charge is -2.16. The van der Waals surface area contributed by atoms with Gasteiger partial charge in [-0.25, -0.2) is 0 Å². The molecular weight excluding hydrogens is 186 g/mol. The normalized spacial score (nSPS) is 13.4. The molecule has 0 spiro atoms. The lowest BCUT2D eigenvalue weighted by molar-refractivity contribution is 0.431. The van der Waals surface area contributed by atoms with Gasteiger partial charge >= 0.3 is 0 Å². The number of nitrogens with one attached hydrogen (secondary N) is 1. The molecule has 1 aromatic heterocycles. The second kappa shape index (κ2) is 5.91. The standard InChI is InChI=1S/C12H23N3/c1-5-11(9-13-10(2)3)8-12-6-7-15(4)14-12/h6-7,10-11,13H,5,8-9H2,1-4H3. The van der Waals surface area contributed by atoms with Gasteiger partial charge in [0, 0.05) is 19.3 Å². The van der Waals surface area contributed by atoms with Crippen LogP contribution < -0.4 is 5.32 Å². The van der Waals surface area contributed by atoms with E-state index in [-0.39, 0.29) is 0 Å². The second-order valence-corrected chi connectivity index (χ2v) is 4.52. The largest absolute Gasteiger partial charge is 0.314 e. The summed E-state index contributed by atoms with van der Waals surface area (Å²) in [6.45, 7) is 7.71. The molecule has 0 fully saturated rings. The summed E-state index contributed by atoms with van der Waals surface area (Å²) in [6, 6.07) is 2.68. The molecule has 0 saturated carbocycles. The number of aryl methyl sites for hydroxylation is 1. The first kappa shape index (κ1) is 12.2. The van der Waals surface area contributed by atoms with Gasteiger partial charge in [-0.15, -0.1) is 0 Å². The highest BCUT2D eigenvalue weighted by Crippen LogP contribution is 2.09. The van der Waals surface area contributed by atoms with E-state index in [0.29, 0.717) is 12.0 Å². The van der Waals surface area contributed by atoms with Crippen LogP contribution in [0.4, 0.5) is 0 Å². The highest BCUT2D eigenvalue weighted by atomic mass is 15.2. The minimum atomic E-state index is 0.572. The molecule has 86 valence electrons. The van der Waals surface area contributed by atoms with Gasteiger partial charge in [0.05, 0.1) is 5.69 Å². The molecule has 3 heteroatoms. The van der Waals surface area contributed by atoms with E-state index in [1.54, 1.807) is 0 Å². The van der Waals surface area contributed by atoms with Crippen molar-refractivity contribution in [3.63, 3.8) is 0 Å². The van der Waals surface area contributed by atoms with Gasteiger partial charge in [-0.1, -0.05) is 27.2 Å². The molecule has 0 saturated heterocycles. The molecule has 0 amide bonds. The Labute approximate surface area is 92.9 Å². The molecular formula is C12H23N3. The minimum absolute atomic E-state index is 0.572. The number of nitrogens with zero attached hydrogens (tertiary/aromatic N) is 2. The summed E-state index contributed by atoms with van der Waals surface area (Å²) in [4.78, 5) is 0. The number of aromatic nitrogens is 2. The molecule has 0 aliphatic heterocycles. The fraction of sp³-hybridized carbons (Fsp3) is 0.750. The highest BCUT2D eigenvalue weighted by Gasteiger charge is 2.09. The molecule has 1 heterocycles. The topological polar surface area (TPSA) is 29.9 Å². The Morgan fingerprint density at radius 2 is 2.20 bits per heavy atom. The second-order valence-electron chi connectivity index (χ2n) is 4.52. The van der Waals surface area contributed by atoms with E-state index in [2.05, 4.69) is 37.3 Å². The van der Waals surface area contributed by atoms with E-state index < -0.39 is 0 Å². The molecule has 1 unspecified atom stereocenters. The lowest BCUT2D eigenvalue weighted by Crippen LogP contribution is -2.29. The monoisotopic (exact) mass is 209 g/mol. The smallest absolute Gasteiger partial charge is 0.0627 e. The van der Waals surface area contributed by atoms with Crippen LogP contribution in [0, 0.1) is 5.92 Å². The first-order valence-corrected chi connectivity index (χ1v) is 5.83. The van der Waals surface area contributed by atoms with Crippen LogP contribution in [0.5, 0.6) is 0 Å². The van der Waals surface area contributed by atoms with Gasteiger partial charge in [-0.05, 0) is 24.9 Å². The van der Waals surface area contributed by atoms with Crippen molar-refractivity contribution < 1.29 is 0 Å². The van der Waals surface area contributed by atoms with Crippen LogP contribution in [-0.2, 0) is 13.5 Å². The Hall–Kier alpha value is -0.830. The Morgan fingerprint density at radius 3 is 2.67 bits per heavy atom. The molecule has 0 bridgehead atoms. The van der Waals surface area contributed by atoms with E-state index >= 15 is 0 Å². The molecule has 0 aromatic carbocycles. The van der Waals surface area contributed by atoms with E-state index in [1.807, 2.05) is 17.9 Å². The van der Waals surface area contributed by atoms with Crippen molar-refractivity contribution in [2.75, 3.05) is 6.54 Å². The van der Waals surface area contributed by atoms with Crippen LogP contribution in [-0.4, -0.2) is 22.4 Å². The average Bonchev–Trinajstić information content (AvgIpc) is 2.58. The zero-order chi connectivity index (χ0) is 11.3. The molecule has 15 heavy (non-hydrogen) atoms. The molecule has 1 rings (SSSR count). The van der Waals surface area contributed by atoms with Gasteiger partial charge in [-0.3, -0.25) is 4.68 Å². The Kier molecular flexibility index (Phi) is 4.82. The highest BCUT2D eigenvalue weighted by molar-refractivity contribution is 5.00. The van der Waals surface area contributed by atoms with Gasteiger partial charge in [0.2, 0.25) is 0 Å². The fourth-order valence-corrected chi connectivity index (χ4v) is 1.63. The van der Waals surface area contributed by atoms with E-state index in [9.17, 15) is 0 Å². The predicted octanol–water partition coefficient (Wildman–Crippen LogP) is 1.99. The maximum atomic E-state index is 4.41. The van der Waals surface area contributed by atoms with Crippen LogP contribution >= 0.6 is 0 Å². The first-order chi connectivity index (χ1) is 7.11. The van der Waals surface area contributed by atoms with Gasteiger partial charge in [0.25, 0.3) is 0 Å². The van der Waals surface area contributed by atoms with Crippen molar-refractivity contribution in [2.24, 2.45) is 13.0 Å². The maximum Gasteiger partial charge on any atom is 0.0627 e. The minimum Gasteiger partial charge on any atom is -0.314 e. The van der Waals surface area contributed by atoms with Gasteiger partial charge in [0.15, 0.2) is 0 Å². The van der Waals surface area contributed by atoms with Crippen LogP contribution in [0.3, 0.4) is 0 Å². The molecule has 3 nitrogen and oxygen atoms in total. The third-order valence-electron chi connectivity index (χ3n) is 2.66. The maximum absolute atomic E-state index is 4.41. The Balaban J connectivity index is 2.39. The summed E-state index contributed by atoms with van der Waals surface area (Å²) in [7, 11) is 1.97. The quantitative estimate of drug-likeness (QED) is 0.776. The van der Waals surface area contributed by atoms with Gasteiger partial charge in [-0.2, -0.15) is 5.10 Å². The zero-order valence-corrected chi connectivity index (χ0v) is 10.3. The van der Waals surface area contributed by atoms with Crippen molar-refractivity contribution >= 4 is 0 Å². The Morgan fingerprint density at radius 1 is 1.47 bits per heavy atom. The van der Waals surface area contributed by atoms with Crippen molar-refractivity contribution in [1.82, 2.24) is 15.1 Å². The molecule has 0 aliphatic carbocycles. The summed E-state index contributed by atoms with van der Waals surface area (Å²) in [5.41, 5.74) is 1.20. The average molecular weight is 209 g/mol. The van der Waals surface area contributed by atoms with E-state index in [1.165, 1.54) is 12.1 Å². The predicted molar refractivity (Wildman–Crippen MR) is 63.8 cm³/mol. The third-order valence-corrected chi connectivity index (χ3v) is 2.66. The summed E-state index contributed by atoms with van der Waals surface area (Å²) >= 11 is 0. The van der Waals surface area contributed by atoms with Crippen LogP contribution in [0.25, 0.3) is 0 Å². The molecule has 0 aliphatic rings. The number of hydrogen-bond donors (Lipinski definition) is 1. The van der Waals surface area contributed by atoms with Crippen LogP contribution in [0.15, 0.2) is 12.3 Å². The first-order valence-electron chi connectivity index (χ1n) is 5.83. The SMILES string of the molecule is CCC(CNC(C)C)Cc1ccn(C)n1. The molecule has 0 radical (unpaired) electrons. The van der Waals surface area contributed by atoms with Crippen LogP contribution in [0.2, 0.25) is 0 Å². The summed E-state index contributed by atoms with van der Waals surface area (Å²) in [5.74, 6) is 0.697. The Bertz CT molecular complexity index is 278. The summed E-state index contributed by atoms with van der Waals surface area (Å²) in [5, 5.41) is 7.90. The zero-order valence-electron chi connectivity index (χ0n) is 10.3. The third kappa shape index (κ3) is 4.47. The van der Waals surface area contributed by atoms with E-state index in [4.69, 9.17) is 0 Å². The molecule has 1 N–H and O–H groups in total. The van der Waals surface area contributed by atoms with Crippen LogP contribution in [0.1, 0.15) is 32.9 Å². The molecule has 1 aromatic rings. The van der Waals surface area contributed by atoms with Crippen molar-refractivity contribution in [3.8, 4) is 0 Å². The number of hydrogen-bond acceptors (Lipinski definition) is 2. The van der Waals surface area contributed by atoms with Crippen molar-refractivity contribution in [1.29, 1.82) is 0 Å². The summed E-state index contributed by atoms with van der Waals surface area (Å²) < 4.78 is 1.87. The van der Waals surface area contributed by atoms with E-state index in [0.717, 1.165) is 13.0 Å². The van der Waals surface area contributed by atoms with Gasteiger partial charge in [0.1, 0.15) is 0 Å². The summed E-state index contributed by atoms with van der Waals surface area (Å²) in [6.07, 6.45) is 4.30. The fourth-order valence-electron chi connectivity index (χ4n) is 1.63. The van der Waals surface area contributed by atoms with Gasteiger partial charge < -0.3 is 5.32 Å². The molecule has 1 atom stereocenters. The number of rotatable bonds is 6. The lowest BCUT2D eigenvalue weighted by atomic mass is 10.0. The van der Waals surface area contributed by atoms with Crippen molar-refractivity contribution in [3.05, 3.63) is 18.0 Å².